The zero-order valence-corrected chi connectivity index (χ0v) is 32.1. The molecule has 7 heteroatoms. The molecule has 0 amide bonds. The van der Waals surface area contributed by atoms with Crippen LogP contribution in [0.1, 0.15) is 57.3 Å². The smallest absolute Gasteiger partial charge is 0.124 e. The lowest BCUT2D eigenvalue weighted by Gasteiger charge is -2.39. The number of hydrogen-bond donors (Lipinski definition) is 0. The fraction of sp³-hybridized carbons (Fsp3) is 0.400. The Bertz CT molecular complexity index is 1440. The van der Waals surface area contributed by atoms with E-state index in [0.29, 0.717) is 5.78 Å². The Hall–Kier alpha value is -3.10. The molecular weight excluding hydrogens is 620 g/mol. The Morgan fingerprint density at radius 1 is 0.468 bits per heavy atom. The summed E-state index contributed by atoms with van der Waals surface area (Å²) < 4.78 is 26.2. The van der Waals surface area contributed by atoms with E-state index < -0.39 is 16.0 Å². The maximum absolute atomic E-state index is 5.83. The van der Waals surface area contributed by atoms with Crippen molar-refractivity contribution >= 4 is 37.2 Å². The molecule has 0 radical (unpaired) electrons. The van der Waals surface area contributed by atoms with Gasteiger partial charge in [-0.15, -0.1) is 0 Å². The Kier molecular flexibility index (Phi) is 10.9. The highest BCUT2D eigenvalue weighted by Crippen LogP contribution is 2.56. The van der Waals surface area contributed by atoms with Gasteiger partial charge in [0.1, 0.15) is 23.0 Å². The molecule has 1 unspecified atom stereocenters. The Balaban J connectivity index is 1.76. The van der Waals surface area contributed by atoms with Crippen LogP contribution in [0.4, 0.5) is 0 Å². The monoisotopic (exact) mass is 671 g/mol. The van der Waals surface area contributed by atoms with Gasteiger partial charge in [0.05, 0.1) is 28.4 Å². The first-order valence-corrected chi connectivity index (χ1v) is 19.1. The van der Waals surface area contributed by atoms with Gasteiger partial charge in [0.25, 0.3) is 0 Å². The molecule has 1 saturated heterocycles. The van der Waals surface area contributed by atoms with Gasteiger partial charge < -0.3 is 18.9 Å². The number of methoxy groups -OCH3 is 4. The van der Waals surface area contributed by atoms with Gasteiger partial charge in [-0.05, 0) is 190 Å². The van der Waals surface area contributed by atoms with Crippen LogP contribution in [-0.2, 0) is 0 Å². The molecule has 0 spiro atoms. The van der Waals surface area contributed by atoms with E-state index in [4.69, 9.17) is 18.9 Å². The van der Waals surface area contributed by atoms with Gasteiger partial charge >= 0.3 is 0 Å². The number of hydrogen-bond acceptors (Lipinski definition) is 5. The molecule has 0 saturated carbocycles. The van der Waals surface area contributed by atoms with Crippen molar-refractivity contribution in [2.75, 3.05) is 35.0 Å². The minimum atomic E-state index is -0.864. The molecule has 47 heavy (non-hydrogen) atoms. The second-order valence-corrected chi connectivity index (χ2v) is 17.5. The first-order valence-electron chi connectivity index (χ1n) is 16.4. The lowest BCUT2D eigenvalue weighted by atomic mass is 10.1. The quantitative estimate of drug-likeness (QED) is 0.160. The normalized spacial score (nSPS) is 15.1. The van der Waals surface area contributed by atoms with Gasteiger partial charge in [-0.1, -0.05) is 0 Å². The second kappa shape index (κ2) is 14.6. The third-order valence-corrected chi connectivity index (χ3v) is 14.8. The van der Waals surface area contributed by atoms with Crippen molar-refractivity contribution in [3.8, 4) is 23.0 Å². The molecule has 1 aliphatic rings. The lowest BCUT2D eigenvalue weighted by molar-refractivity contribution is 0.408. The third-order valence-electron chi connectivity index (χ3n) is 9.39. The molecule has 0 aliphatic carbocycles. The highest BCUT2D eigenvalue weighted by atomic mass is 31.1. The molecule has 0 N–H and O–H groups in total. The number of aryl methyl sites for hydroxylation is 8. The zero-order valence-electron chi connectivity index (χ0n) is 30.3. The first-order chi connectivity index (χ1) is 22.4. The van der Waals surface area contributed by atoms with Gasteiger partial charge in [-0.3, -0.25) is 4.67 Å². The average molecular weight is 672 g/mol. The van der Waals surface area contributed by atoms with Crippen LogP contribution >= 0.6 is 16.0 Å². The van der Waals surface area contributed by atoms with Crippen molar-refractivity contribution in [1.29, 1.82) is 0 Å². The van der Waals surface area contributed by atoms with Crippen LogP contribution in [0.2, 0.25) is 0 Å². The summed E-state index contributed by atoms with van der Waals surface area (Å²) in [5, 5.41) is 5.53. The molecule has 4 aromatic rings. The predicted molar refractivity (Wildman–Crippen MR) is 202 cm³/mol. The largest absolute Gasteiger partial charge is 0.496 e. The van der Waals surface area contributed by atoms with Crippen LogP contribution in [0.15, 0.2) is 48.5 Å². The Labute approximate surface area is 285 Å². The van der Waals surface area contributed by atoms with E-state index >= 15 is 0 Å². The van der Waals surface area contributed by atoms with Crippen LogP contribution in [-0.4, -0.2) is 45.4 Å². The van der Waals surface area contributed by atoms with Crippen LogP contribution in [0.25, 0.3) is 0 Å². The average Bonchev–Trinajstić information content (AvgIpc) is 3.45. The van der Waals surface area contributed by atoms with Gasteiger partial charge in [-0.25, -0.2) is 0 Å². The molecule has 1 atom stereocenters. The number of nitrogens with zero attached hydrogens (tertiary/aromatic N) is 1. The van der Waals surface area contributed by atoms with Crippen molar-refractivity contribution in [2.45, 2.75) is 74.0 Å². The summed E-state index contributed by atoms with van der Waals surface area (Å²) in [6.07, 6.45) is 2.30. The van der Waals surface area contributed by atoms with E-state index in [2.05, 4.69) is 109 Å². The topological polar surface area (TPSA) is 40.2 Å². The number of ether oxygens (including phenoxy) is 4. The molecule has 5 rings (SSSR count). The van der Waals surface area contributed by atoms with E-state index in [0.717, 1.165) is 42.4 Å². The summed E-state index contributed by atoms with van der Waals surface area (Å²) in [6, 6.07) is 19.0. The predicted octanol–water partition coefficient (Wildman–Crippen LogP) is 8.09. The van der Waals surface area contributed by atoms with E-state index in [1.807, 2.05) is 0 Å². The molecule has 250 valence electrons. The maximum atomic E-state index is 5.83. The van der Waals surface area contributed by atoms with Crippen LogP contribution in [0, 0.1) is 55.4 Å². The summed E-state index contributed by atoms with van der Waals surface area (Å²) in [5.41, 5.74) is 9.46. The molecule has 4 aromatic carbocycles. The molecule has 1 fully saturated rings. The van der Waals surface area contributed by atoms with Crippen molar-refractivity contribution in [3.05, 3.63) is 93.0 Å². The highest BCUT2D eigenvalue weighted by Gasteiger charge is 2.40. The summed E-state index contributed by atoms with van der Waals surface area (Å²) in [7, 11) is 5.46. The van der Waals surface area contributed by atoms with E-state index in [-0.39, 0.29) is 0 Å². The van der Waals surface area contributed by atoms with Gasteiger partial charge in [0.15, 0.2) is 0 Å². The van der Waals surface area contributed by atoms with Gasteiger partial charge in [0, 0.05) is 20.4 Å². The maximum Gasteiger partial charge on any atom is 0.124 e. The van der Waals surface area contributed by atoms with Crippen LogP contribution in [0.3, 0.4) is 0 Å². The fourth-order valence-corrected chi connectivity index (χ4v) is 14.3. The molecule has 1 aliphatic heterocycles. The minimum Gasteiger partial charge on any atom is -0.496 e. The van der Waals surface area contributed by atoms with Gasteiger partial charge in [-0.2, -0.15) is 0 Å². The molecular formula is C40H51NO4P2. The third kappa shape index (κ3) is 6.78. The van der Waals surface area contributed by atoms with Crippen molar-refractivity contribution in [2.24, 2.45) is 0 Å². The van der Waals surface area contributed by atoms with E-state index in [9.17, 15) is 0 Å². The SMILES string of the molecule is COc1c(C)cc(P(c2cc(C)c(OC)c(C)c2)C2CCCN2P(c2cc(C)c(OC)c(C)c2)c2cc(C)c(OC)c(C)c2)cc1C. The molecule has 5 nitrogen and oxygen atoms in total. The zero-order chi connectivity index (χ0) is 34.2. The minimum absolute atomic E-state index is 0.348. The van der Waals surface area contributed by atoms with E-state index in [1.165, 1.54) is 65.7 Å². The van der Waals surface area contributed by atoms with Crippen LogP contribution in [0.5, 0.6) is 23.0 Å². The molecule has 0 aromatic heterocycles. The summed E-state index contributed by atoms with van der Waals surface area (Å²) >= 11 is 0. The summed E-state index contributed by atoms with van der Waals surface area (Å²) in [6.45, 7) is 18.5. The molecule has 0 bridgehead atoms. The van der Waals surface area contributed by atoms with Crippen molar-refractivity contribution in [3.63, 3.8) is 0 Å². The van der Waals surface area contributed by atoms with E-state index in [1.54, 1.807) is 28.4 Å². The van der Waals surface area contributed by atoms with Crippen molar-refractivity contribution in [1.82, 2.24) is 4.67 Å². The standard InChI is InChI=1S/C40H51NO4P2/c1-24-16-32(17-25(2)37(24)42-9)46(33-18-26(3)38(43-10)27(4)19-33)36-14-13-15-41(36)47(34-20-28(5)39(44-11)29(6)21-34)35-22-30(7)40(45-12)31(8)23-35/h16-23,36H,13-15H2,1-12H3. The summed E-state index contributed by atoms with van der Waals surface area (Å²) in [5.74, 6) is 4.24. The molecule has 1 heterocycles. The Morgan fingerprint density at radius 3 is 1.02 bits per heavy atom. The van der Waals surface area contributed by atoms with Gasteiger partial charge in [0.2, 0.25) is 0 Å². The second-order valence-electron chi connectivity index (χ2n) is 12.9. The number of benzene rings is 4. The van der Waals surface area contributed by atoms with Crippen molar-refractivity contribution < 1.29 is 18.9 Å². The van der Waals surface area contributed by atoms with Crippen LogP contribution < -0.4 is 40.2 Å². The highest BCUT2D eigenvalue weighted by molar-refractivity contribution is 7.75. The first kappa shape index (κ1) is 35.2. The number of rotatable bonds is 10. The fourth-order valence-electron chi connectivity index (χ4n) is 7.69. The Morgan fingerprint density at radius 2 is 0.745 bits per heavy atom. The lowest BCUT2D eigenvalue weighted by Crippen LogP contribution is -2.36. The summed E-state index contributed by atoms with van der Waals surface area (Å²) in [4.78, 5) is 0.